The number of hydrogen-bond acceptors (Lipinski definition) is 9. The summed E-state index contributed by atoms with van der Waals surface area (Å²) in [6.07, 6.45) is 11.4. The van der Waals surface area contributed by atoms with Gasteiger partial charge in [0.15, 0.2) is 24.8 Å². The Hall–Kier alpha value is -3.33. The predicted molar refractivity (Wildman–Crippen MR) is 72.1 cm³/mol. The van der Waals surface area contributed by atoms with Crippen molar-refractivity contribution in [1.82, 2.24) is 0 Å². The molecule has 0 amide bonds. The summed E-state index contributed by atoms with van der Waals surface area (Å²) in [5, 5.41) is 7.10. The lowest BCUT2D eigenvalue weighted by atomic mass is 10.5. The van der Waals surface area contributed by atoms with E-state index in [-0.39, 0.29) is 19.4 Å². The van der Waals surface area contributed by atoms with Gasteiger partial charge in [-0.1, -0.05) is 12.8 Å². The first-order chi connectivity index (χ1) is 10.4. The molecule has 0 aliphatic carbocycles. The number of hydrogen-bond donors (Lipinski definition) is 1. The van der Waals surface area contributed by atoms with E-state index in [0.29, 0.717) is 12.6 Å². The van der Waals surface area contributed by atoms with Crippen LogP contribution in [0.5, 0.6) is 0 Å². The van der Waals surface area contributed by atoms with Gasteiger partial charge in [-0.25, -0.2) is 0 Å². The number of aliphatic hydroxyl groups excluding tert-OH is 1. The average Bonchev–Trinajstić information content (AvgIpc) is 2.50. The standard InChI is InChI=1S/2C4H6O3.C3H2O2.C2H2O/c2*1-4(2-5)7-3-6;1-2-5-3-4;1-2-3/h2*2-4H,1H3;1,3H;1,3H. The Balaban J connectivity index is -0.000000103. The molecule has 22 heavy (non-hydrogen) atoms. The highest BCUT2D eigenvalue weighted by atomic mass is 16.5. The molecule has 9 heteroatoms. The molecule has 9 nitrogen and oxygen atoms in total. The minimum absolute atomic E-state index is 0.194. The second-order valence-electron chi connectivity index (χ2n) is 2.61. The SMILES string of the molecule is C#CO.C#COC=O.CC(C=O)OC=O.CC(C=O)OC=O. The van der Waals surface area contributed by atoms with Crippen LogP contribution in [0.3, 0.4) is 0 Å². The molecule has 0 saturated carbocycles. The van der Waals surface area contributed by atoms with E-state index >= 15 is 0 Å². The molecule has 0 heterocycles. The van der Waals surface area contributed by atoms with Crippen LogP contribution in [0.1, 0.15) is 13.8 Å². The molecule has 0 radical (unpaired) electrons. The summed E-state index contributed by atoms with van der Waals surface area (Å²) in [5.41, 5.74) is 0. The van der Waals surface area contributed by atoms with Crippen molar-refractivity contribution in [3.63, 3.8) is 0 Å². The molecule has 0 aromatic heterocycles. The molecule has 122 valence electrons. The Morgan fingerprint density at radius 2 is 1.18 bits per heavy atom. The third-order valence-corrected chi connectivity index (χ3v) is 1.04. The Labute approximate surface area is 127 Å². The van der Waals surface area contributed by atoms with E-state index in [4.69, 9.17) is 9.90 Å². The van der Waals surface area contributed by atoms with Crippen molar-refractivity contribution >= 4 is 32.0 Å². The van der Waals surface area contributed by atoms with Crippen LogP contribution in [0, 0.1) is 25.1 Å². The van der Waals surface area contributed by atoms with Gasteiger partial charge in [-0.05, 0) is 13.8 Å². The van der Waals surface area contributed by atoms with Crippen molar-refractivity contribution in [2.24, 2.45) is 0 Å². The van der Waals surface area contributed by atoms with E-state index in [1.807, 2.05) is 0 Å². The summed E-state index contributed by atoms with van der Waals surface area (Å²) in [7, 11) is 0. The molecule has 0 fully saturated rings. The van der Waals surface area contributed by atoms with E-state index in [1.165, 1.54) is 20.0 Å². The van der Waals surface area contributed by atoms with Crippen LogP contribution in [0.25, 0.3) is 0 Å². The topological polar surface area (TPSA) is 133 Å². The van der Waals surface area contributed by atoms with Crippen LogP contribution >= 0.6 is 0 Å². The zero-order valence-corrected chi connectivity index (χ0v) is 11.9. The van der Waals surface area contributed by atoms with E-state index in [2.05, 4.69) is 27.1 Å². The zero-order valence-electron chi connectivity index (χ0n) is 11.9. The molecule has 2 atom stereocenters. The van der Waals surface area contributed by atoms with Gasteiger partial charge in [0.1, 0.15) is 12.2 Å². The minimum atomic E-state index is -0.600. The van der Waals surface area contributed by atoms with Crippen LogP contribution in [0.2, 0.25) is 0 Å². The Morgan fingerprint density at radius 1 is 0.864 bits per heavy atom. The van der Waals surface area contributed by atoms with Crippen LogP contribution in [-0.4, -0.2) is 49.3 Å². The Bertz CT molecular complexity index is 345. The van der Waals surface area contributed by atoms with Crippen molar-refractivity contribution in [1.29, 1.82) is 0 Å². The summed E-state index contributed by atoms with van der Waals surface area (Å²) in [6, 6.07) is 0. The summed E-state index contributed by atoms with van der Waals surface area (Å²) in [4.78, 5) is 47.0. The average molecular weight is 316 g/mol. The molecule has 0 aromatic carbocycles. The maximum absolute atomic E-state index is 9.61. The first-order valence-electron chi connectivity index (χ1n) is 5.18. The predicted octanol–water partition coefficient (Wildman–Crippen LogP) is -0.807. The molecule has 0 saturated heterocycles. The fourth-order valence-electron chi connectivity index (χ4n) is 0.267. The molecule has 0 rings (SSSR count). The van der Waals surface area contributed by atoms with Gasteiger partial charge >= 0.3 is 6.47 Å². The first-order valence-corrected chi connectivity index (χ1v) is 5.18. The fourth-order valence-corrected chi connectivity index (χ4v) is 0.267. The number of rotatable bonds is 7. The second kappa shape index (κ2) is 30.6. The number of carbonyl (C=O) groups excluding carboxylic acids is 5. The number of ether oxygens (including phenoxy) is 3. The third kappa shape index (κ3) is 54.5. The maximum atomic E-state index is 9.61. The van der Waals surface area contributed by atoms with Gasteiger partial charge in [0.25, 0.3) is 12.9 Å². The van der Waals surface area contributed by atoms with Crippen molar-refractivity contribution in [3.8, 4) is 25.1 Å². The van der Waals surface area contributed by atoms with E-state index in [0.717, 1.165) is 0 Å². The summed E-state index contributed by atoms with van der Waals surface area (Å²) < 4.78 is 12.0. The smallest absolute Gasteiger partial charge is 0.307 e. The molecule has 1 N–H and O–H groups in total. The lowest BCUT2D eigenvalue weighted by Crippen LogP contribution is -2.06. The van der Waals surface area contributed by atoms with Gasteiger partial charge in [-0.2, -0.15) is 0 Å². The van der Waals surface area contributed by atoms with Crippen molar-refractivity contribution in [2.45, 2.75) is 26.1 Å². The number of carbonyl (C=O) groups is 5. The van der Waals surface area contributed by atoms with Gasteiger partial charge in [-0.3, -0.25) is 24.0 Å². The minimum Gasteiger partial charge on any atom is -0.462 e. The molecule has 0 bridgehead atoms. The quantitative estimate of drug-likeness (QED) is 0.363. The molecule has 2 unspecified atom stereocenters. The van der Waals surface area contributed by atoms with Crippen molar-refractivity contribution < 1.29 is 43.3 Å². The van der Waals surface area contributed by atoms with E-state index < -0.39 is 12.2 Å². The maximum Gasteiger partial charge on any atom is 0.307 e. The van der Waals surface area contributed by atoms with Crippen molar-refractivity contribution in [3.05, 3.63) is 0 Å². The lowest BCUT2D eigenvalue weighted by Gasteiger charge is -1.95. The van der Waals surface area contributed by atoms with E-state index in [1.54, 1.807) is 6.11 Å². The Kier molecular flexibility index (Phi) is 37.7. The lowest BCUT2D eigenvalue weighted by molar-refractivity contribution is -0.137. The molecular formula is C13H16O9. The van der Waals surface area contributed by atoms with Gasteiger partial charge in [0.05, 0.1) is 0 Å². The number of aldehydes is 2. The molecule has 0 aliphatic heterocycles. The zero-order chi connectivity index (χ0) is 18.2. The third-order valence-electron chi connectivity index (χ3n) is 1.04. The summed E-state index contributed by atoms with van der Waals surface area (Å²) >= 11 is 0. The highest BCUT2D eigenvalue weighted by molar-refractivity contribution is 5.58. The molecule has 0 aromatic rings. The normalized spacial score (nSPS) is 9.09. The molecular weight excluding hydrogens is 300 g/mol. The summed E-state index contributed by atoms with van der Waals surface area (Å²) in [5.74, 6) is 0. The second-order valence-corrected chi connectivity index (χ2v) is 2.61. The van der Waals surface area contributed by atoms with Crippen LogP contribution in [-0.2, 0) is 38.2 Å². The van der Waals surface area contributed by atoms with Crippen molar-refractivity contribution in [2.75, 3.05) is 0 Å². The van der Waals surface area contributed by atoms with Crippen LogP contribution < -0.4 is 0 Å². The monoisotopic (exact) mass is 316 g/mol. The summed E-state index contributed by atoms with van der Waals surface area (Å²) in [6.45, 7) is 3.67. The van der Waals surface area contributed by atoms with Gasteiger partial charge in [0, 0.05) is 0 Å². The van der Waals surface area contributed by atoms with Gasteiger partial charge in [-0.15, -0.1) is 0 Å². The number of terminal acetylenes is 2. The number of aliphatic hydroxyl groups is 1. The highest BCUT2D eigenvalue weighted by Gasteiger charge is 1.93. The van der Waals surface area contributed by atoms with E-state index in [9.17, 15) is 19.2 Å². The molecule has 0 spiro atoms. The first kappa shape index (κ1) is 27.1. The fraction of sp³-hybridized carbons (Fsp3) is 0.308. The Morgan fingerprint density at radius 3 is 1.23 bits per heavy atom. The molecule has 0 aliphatic rings. The van der Waals surface area contributed by atoms with Crippen LogP contribution in [0.15, 0.2) is 0 Å². The van der Waals surface area contributed by atoms with Gasteiger partial charge < -0.3 is 19.3 Å². The highest BCUT2D eigenvalue weighted by Crippen LogP contribution is 1.77. The largest absolute Gasteiger partial charge is 0.462 e. The van der Waals surface area contributed by atoms with Gasteiger partial charge in [0.2, 0.25) is 0 Å². The van der Waals surface area contributed by atoms with Crippen LogP contribution in [0.4, 0.5) is 0 Å².